The summed E-state index contributed by atoms with van der Waals surface area (Å²) in [4.78, 5) is 19.3. The van der Waals surface area contributed by atoms with Crippen molar-refractivity contribution in [2.24, 2.45) is 0 Å². The molecule has 1 saturated heterocycles. The molecule has 1 unspecified atom stereocenters. The lowest BCUT2D eigenvalue weighted by Crippen LogP contribution is -2.19. The Morgan fingerprint density at radius 2 is 2.50 bits per heavy atom. The van der Waals surface area contributed by atoms with Crippen molar-refractivity contribution in [2.75, 3.05) is 6.61 Å². The van der Waals surface area contributed by atoms with Gasteiger partial charge < -0.3 is 9.72 Å². The van der Waals surface area contributed by atoms with Crippen molar-refractivity contribution in [3.8, 4) is 0 Å². The Kier molecular flexibility index (Phi) is 2.22. The van der Waals surface area contributed by atoms with Gasteiger partial charge in [0.1, 0.15) is 6.10 Å². The third kappa shape index (κ3) is 1.42. The minimum atomic E-state index is -0.265. The number of ketones is 1. The number of hydrogen-bond donors (Lipinski definition) is 1. The Bertz CT molecular complexity index is 527. The quantitative estimate of drug-likeness (QED) is 0.780. The zero-order valence-electron chi connectivity index (χ0n) is 8.77. The Balaban J connectivity index is 2.02. The first-order valence-electron chi connectivity index (χ1n) is 5.43. The van der Waals surface area contributed by atoms with Crippen LogP contribution in [0.15, 0.2) is 24.7 Å². The van der Waals surface area contributed by atoms with Gasteiger partial charge >= 0.3 is 0 Å². The van der Waals surface area contributed by atoms with Crippen molar-refractivity contribution in [1.82, 2.24) is 9.97 Å². The van der Waals surface area contributed by atoms with Gasteiger partial charge in [-0.2, -0.15) is 0 Å². The van der Waals surface area contributed by atoms with Crippen LogP contribution in [0, 0.1) is 0 Å². The summed E-state index contributed by atoms with van der Waals surface area (Å²) in [6.45, 7) is 0.691. The van der Waals surface area contributed by atoms with Crippen LogP contribution in [0.5, 0.6) is 0 Å². The zero-order chi connectivity index (χ0) is 11.0. The number of ether oxygens (including phenoxy) is 1. The van der Waals surface area contributed by atoms with Crippen LogP contribution >= 0.6 is 0 Å². The highest BCUT2D eigenvalue weighted by Gasteiger charge is 2.26. The summed E-state index contributed by atoms with van der Waals surface area (Å²) in [5.41, 5.74) is 1.63. The minimum Gasteiger partial charge on any atom is -0.370 e. The number of nitrogens with one attached hydrogen (secondary N) is 1. The first-order valence-corrected chi connectivity index (χ1v) is 5.43. The fourth-order valence-electron chi connectivity index (χ4n) is 2.12. The fraction of sp³-hybridized carbons (Fsp3) is 0.333. The molecule has 1 fully saturated rings. The number of carbonyl (C=O) groups excluding carboxylic acids is 1. The highest BCUT2D eigenvalue weighted by Crippen LogP contribution is 2.22. The number of aromatic amines is 1. The molecule has 1 atom stereocenters. The summed E-state index contributed by atoms with van der Waals surface area (Å²) in [6, 6.07) is 1.86. The van der Waals surface area contributed by atoms with Crippen LogP contribution in [0.4, 0.5) is 0 Å². The lowest BCUT2D eigenvalue weighted by atomic mass is 10.0. The second-order valence-corrected chi connectivity index (χ2v) is 3.99. The molecular weight excluding hydrogens is 204 g/mol. The van der Waals surface area contributed by atoms with Crippen LogP contribution in [0.2, 0.25) is 0 Å². The number of carbonyl (C=O) groups is 1. The van der Waals surface area contributed by atoms with Crippen molar-refractivity contribution in [3.63, 3.8) is 0 Å². The number of nitrogens with zero attached hydrogens (tertiary/aromatic N) is 1. The van der Waals surface area contributed by atoms with Crippen LogP contribution in [0.25, 0.3) is 10.9 Å². The summed E-state index contributed by atoms with van der Waals surface area (Å²) in [6.07, 6.45) is 6.70. The van der Waals surface area contributed by atoms with E-state index in [4.69, 9.17) is 4.74 Å². The van der Waals surface area contributed by atoms with E-state index in [0.29, 0.717) is 12.2 Å². The van der Waals surface area contributed by atoms with Gasteiger partial charge in [-0.05, 0) is 18.9 Å². The van der Waals surface area contributed by atoms with Crippen LogP contribution < -0.4 is 0 Å². The number of fused-ring (bicyclic) bond motifs is 1. The predicted octanol–water partition coefficient (Wildman–Crippen LogP) is 1.92. The van der Waals surface area contributed by atoms with Gasteiger partial charge in [-0.3, -0.25) is 9.78 Å². The van der Waals surface area contributed by atoms with Gasteiger partial charge in [0.25, 0.3) is 0 Å². The summed E-state index contributed by atoms with van der Waals surface area (Å²) in [7, 11) is 0. The van der Waals surface area contributed by atoms with Crippen LogP contribution in [0.1, 0.15) is 23.2 Å². The largest absolute Gasteiger partial charge is 0.370 e. The van der Waals surface area contributed by atoms with E-state index in [0.717, 1.165) is 23.7 Å². The maximum atomic E-state index is 12.1. The number of Topliss-reactive ketones (excluding diaryl/α,β-unsaturated/α-hetero) is 1. The van der Waals surface area contributed by atoms with Crippen LogP contribution in [-0.4, -0.2) is 28.5 Å². The molecule has 3 heterocycles. The lowest BCUT2D eigenvalue weighted by molar-refractivity contribution is 0.0644. The maximum absolute atomic E-state index is 12.1. The molecule has 3 rings (SSSR count). The SMILES string of the molecule is O=C(c1c[nH]c2ccncc12)C1CCCO1. The molecule has 0 saturated carbocycles. The van der Waals surface area contributed by atoms with E-state index in [2.05, 4.69) is 9.97 Å². The first-order chi connectivity index (χ1) is 7.86. The van der Waals surface area contributed by atoms with E-state index in [1.54, 1.807) is 18.6 Å². The summed E-state index contributed by atoms with van der Waals surface area (Å²) in [5.74, 6) is 0.0664. The number of H-pyrrole nitrogens is 1. The van der Waals surface area contributed by atoms with Crippen molar-refractivity contribution >= 4 is 16.7 Å². The zero-order valence-corrected chi connectivity index (χ0v) is 8.77. The molecule has 4 nitrogen and oxygen atoms in total. The van der Waals surface area contributed by atoms with Gasteiger partial charge in [-0.25, -0.2) is 0 Å². The third-order valence-corrected chi connectivity index (χ3v) is 2.97. The molecule has 0 amide bonds. The third-order valence-electron chi connectivity index (χ3n) is 2.97. The molecule has 82 valence electrons. The van der Waals surface area contributed by atoms with Gasteiger partial charge in [0, 0.05) is 41.7 Å². The molecule has 4 heteroatoms. The molecule has 0 aliphatic carbocycles. The van der Waals surface area contributed by atoms with Crippen molar-refractivity contribution in [2.45, 2.75) is 18.9 Å². The van der Waals surface area contributed by atoms with Crippen molar-refractivity contribution < 1.29 is 9.53 Å². The molecule has 0 spiro atoms. The lowest BCUT2D eigenvalue weighted by Gasteiger charge is -2.06. The van der Waals surface area contributed by atoms with Crippen LogP contribution in [-0.2, 0) is 4.74 Å². The maximum Gasteiger partial charge on any atom is 0.193 e. The average molecular weight is 216 g/mol. The van der Waals surface area contributed by atoms with E-state index < -0.39 is 0 Å². The highest BCUT2D eigenvalue weighted by atomic mass is 16.5. The normalized spacial score (nSPS) is 20.4. The second kappa shape index (κ2) is 3.72. The molecular formula is C12H12N2O2. The van der Waals surface area contributed by atoms with E-state index in [1.165, 1.54) is 0 Å². The number of pyridine rings is 1. The molecule has 0 aromatic carbocycles. The van der Waals surface area contributed by atoms with Gasteiger partial charge in [0.05, 0.1) is 0 Å². The Labute approximate surface area is 92.6 Å². The summed E-state index contributed by atoms with van der Waals surface area (Å²) >= 11 is 0. The predicted molar refractivity (Wildman–Crippen MR) is 59.4 cm³/mol. The highest BCUT2D eigenvalue weighted by molar-refractivity contribution is 6.09. The molecule has 2 aromatic rings. The molecule has 0 radical (unpaired) electrons. The van der Waals surface area contributed by atoms with Gasteiger partial charge in [0.15, 0.2) is 5.78 Å². The number of aromatic nitrogens is 2. The second-order valence-electron chi connectivity index (χ2n) is 3.99. The summed E-state index contributed by atoms with van der Waals surface area (Å²) in [5, 5.41) is 0.878. The molecule has 1 aliphatic rings. The van der Waals surface area contributed by atoms with E-state index in [9.17, 15) is 4.79 Å². The molecule has 1 aliphatic heterocycles. The smallest absolute Gasteiger partial charge is 0.193 e. The molecule has 0 bridgehead atoms. The van der Waals surface area contributed by atoms with E-state index in [1.807, 2.05) is 6.07 Å². The first kappa shape index (κ1) is 9.54. The van der Waals surface area contributed by atoms with Gasteiger partial charge in [-0.1, -0.05) is 0 Å². The Morgan fingerprint density at radius 1 is 1.56 bits per heavy atom. The Hall–Kier alpha value is -1.68. The van der Waals surface area contributed by atoms with Crippen molar-refractivity contribution in [3.05, 3.63) is 30.2 Å². The van der Waals surface area contributed by atoms with E-state index >= 15 is 0 Å². The summed E-state index contributed by atoms with van der Waals surface area (Å²) < 4.78 is 5.40. The topological polar surface area (TPSA) is 55.0 Å². The fourth-order valence-corrected chi connectivity index (χ4v) is 2.12. The van der Waals surface area contributed by atoms with Gasteiger partial charge in [0.2, 0.25) is 0 Å². The minimum absolute atomic E-state index is 0.0664. The van der Waals surface area contributed by atoms with Crippen LogP contribution in [0.3, 0.4) is 0 Å². The molecule has 16 heavy (non-hydrogen) atoms. The van der Waals surface area contributed by atoms with E-state index in [-0.39, 0.29) is 11.9 Å². The average Bonchev–Trinajstić information content (AvgIpc) is 2.98. The molecule has 1 N–H and O–H groups in total. The monoisotopic (exact) mass is 216 g/mol. The molecule has 2 aromatic heterocycles. The van der Waals surface area contributed by atoms with Gasteiger partial charge in [-0.15, -0.1) is 0 Å². The number of hydrogen-bond acceptors (Lipinski definition) is 3. The Morgan fingerprint density at radius 3 is 3.31 bits per heavy atom. The number of rotatable bonds is 2. The van der Waals surface area contributed by atoms with Crippen molar-refractivity contribution in [1.29, 1.82) is 0 Å². The standard InChI is InChI=1S/C12H12N2O2/c15-12(11-2-1-5-16-11)9-7-14-10-3-4-13-6-8(9)10/h3-4,6-7,11,14H,1-2,5H2.